The Morgan fingerprint density at radius 1 is 1.56 bits per heavy atom. The van der Waals surface area contributed by atoms with Gasteiger partial charge in [0.2, 0.25) is 5.03 Å². The Kier molecular flexibility index (Phi) is 4.42. The molecule has 16 heavy (non-hydrogen) atoms. The lowest BCUT2D eigenvalue weighted by atomic mass is 10.2. The van der Waals surface area contributed by atoms with Crippen LogP contribution < -0.4 is 4.89 Å². The molecule has 0 spiro atoms. The number of rotatable bonds is 5. The second kappa shape index (κ2) is 5.21. The zero-order chi connectivity index (χ0) is 12.3. The van der Waals surface area contributed by atoms with E-state index < -0.39 is 10.0 Å². The maximum Gasteiger partial charge on any atom is 0.282 e. The van der Waals surface area contributed by atoms with Crippen molar-refractivity contribution in [3.8, 4) is 0 Å². The maximum atomic E-state index is 11.7. The summed E-state index contributed by atoms with van der Waals surface area (Å²) in [5, 5.41) is 7.08. The predicted molar refractivity (Wildman–Crippen MR) is 59.8 cm³/mol. The van der Waals surface area contributed by atoms with E-state index in [1.807, 2.05) is 18.7 Å². The molecule has 9 heteroatoms. The lowest BCUT2D eigenvalue weighted by Gasteiger charge is -2.08. The summed E-state index contributed by atoms with van der Waals surface area (Å²) in [5.41, 5.74) is 0. The summed E-state index contributed by atoms with van der Waals surface area (Å²) < 4.78 is 24.8. The van der Waals surface area contributed by atoms with Crippen molar-refractivity contribution in [1.82, 2.24) is 19.9 Å². The van der Waals surface area contributed by atoms with Crippen LogP contribution >= 0.6 is 15.9 Å². The monoisotopic (exact) mass is 312 g/mol. The van der Waals surface area contributed by atoms with Crippen LogP contribution in [-0.4, -0.2) is 30.0 Å². The molecule has 0 bridgehead atoms. The van der Waals surface area contributed by atoms with E-state index in [2.05, 4.69) is 26.2 Å². The van der Waals surface area contributed by atoms with Gasteiger partial charge in [0.05, 0.1) is 6.61 Å². The van der Waals surface area contributed by atoms with Crippen LogP contribution in [0.4, 0.5) is 0 Å². The Hall–Kier alpha value is -0.510. The minimum absolute atomic E-state index is 0.0729. The fourth-order valence-electron chi connectivity index (χ4n) is 0.926. The third kappa shape index (κ3) is 3.24. The zero-order valence-electron chi connectivity index (χ0n) is 9.14. The second-order valence-electron chi connectivity index (χ2n) is 3.60. The lowest BCUT2D eigenvalue weighted by molar-refractivity contribution is 0.0715. The lowest BCUT2D eigenvalue weighted by Crippen LogP contribution is -2.27. The van der Waals surface area contributed by atoms with Crippen molar-refractivity contribution in [2.45, 2.75) is 18.9 Å². The largest absolute Gasteiger partial charge is 0.287 e. The highest BCUT2D eigenvalue weighted by Gasteiger charge is 2.24. The third-order valence-electron chi connectivity index (χ3n) is 1.58. The molecular weight excluding hydrogens is 300 g/mol. The van der Waals surface area contributed by atoms with Crippen LogP contribution in [-0.2, 0) is 21.9 Å². The molecule has 0 aliphatic heterocycles. The Bertz CT molecular complexity index is 437. The summed E-state index contributed by atoms with van der Waals surface area (Å²) in [6.07, 6.45) is 0. The molecule has 1 rings (SSSR count). The van der Waals surface area contributed by atoms with E-state index in [0.29, 0.717) is 6.61 Å². The smallest absolute Gasteiger partial charge is 0.282 e. The van der Waals surface area contributed by atoms with Crippen molar-refractivity contribution >= 4 is 26.0 Å². The number of hydrogen-bond acceptors (Lipinski definition) is 5. The Balaban J connectivity index is 2.79. The SMILES string of the molecule is CC(C)CONS(=O)(=O)c1c(Br)nnn1C. The molecule has 0 amide bonds. The van der Waals surface area contributed by atoms with E-state index in [0.717, 1.165) is 4.68 Å². The minimum atomic E-state index is -3.76. The molecule has 0 fully saturated rings. The molecule has 0 aliphatic carbocycles. The number of sulfonamides is 1. The summed E-state index contributed by atoms with van der Waals surface area (Å²) in [4.78, 5) is 6.88. The first-order valence-corrected chi connectivity index (χ1v) is 6.81. The van der Waals surface area contributed by atoms with Gasteiger partial charge >= 0.3 is 0 Å². The van der Waals surface area contributed by atoms with E-state index in [1.54, 1.807) is 0 Å². The molecule has 92 valence electrons. The van der Waals surface area contributed by atoms with Gasteiger partial charge in [0.25, 0.3) is 10.0 Å². The topological polar surface area (TPSA) is 86.1 Å². The molecular formula is C7H13BrN4O3S. The van der Waals surface area contributed by atoms with Gasteiger partial charge in [-0.25, -0.2) is 13.1 Å². The average molecular weight is 313 g/mol. The van der Waals surface area contributed by atoms with Crippen molar-refractivity contribution < 1.29 is 13.3 Å². The first-order valence-electron chi connectivity index (χ1n) is 4.53. The van der Waals surface area contributed by atoms with Gasteiger partial charge in [-0.1, -0.05) is 23.9 Å². The summed E-state index contributed by atoms with van der Waals surface area (Å²) in [7, 11) is -2.27. The molecule has 7 nitrogen and oxygen atoms in total. The molecule has 0 saturated carbocycles. The highest BCUT2D eigenvalue weighted by atomic mass is 79.9. The van der Waals surface area contributed by atoms with Gasteiger partial charge in [0.15, 0.2) is 4.60 Å². The summed E-state index contributed by atoms with van der Waals surface area (Å²) >= 11 is 3.00. The Morgan fingerprint density at radius 2 is 2.19 bits per heavy atom. The minimum Gasteiger partial charge on any atom is -0.287 e. The Morgan fingerprint density at radius 3 is 2.62 bits per heavy atom. The number of hydrogen-bond donors (Lipinski definition) is 1. The van der Waals surface area contributed by atoms with Gasteiger partial charge in [-0.15, -0.1) is 5.10 Å². The first-order chi connectivity index (χ1) is 7.34. The van der Waals surface area contributed by atoms with Gasteiger partial charge in [0, 0.05) is 7.05 Å². The number of nitrogens with one attached hydrogen (secondary N) is 1. The van der Waals surface area contributed by atoms with Crippen molar-refractivity contribution in [3.05, 3.63) is 4.60 Å². The highest BCUT2D eigenvalue weighted by Crippen LogP contribution is 2.17. The van der Waals surface area contributed by atoms with Crippen LogP contribution in [0.5, 0.6) is 0 Å². The molecule has 0 unspecified atom stereocenters. The van der Waals surface area contributed by atoms with Gasteiger partial charge in [0.1, 0.15) is 0 Å². The van der Waals surface area contributed by atoms with Crippen LogP contribution in [0.25, 0.3) is 0 Å². The fourth-order valence-corrected chi connectivity index (χ4v) is 2.84. The fraction of sp³-hybridized carbons (Fsp3) is 0.714. The van der Waals surface area contributed by atoms with Gasteiger partial charge in [-0.05, 0) is 21.8 Å². The van der Waals surface area contributed by atoms with E-state index >= 15 is 0 Å². The van der Waals surface area contributed by atoms with E-state index in [-0.39, 0.29) is 15.5 Å². The van der Waals surface area contributed by atoms with Gasteiger partial charge in [-0.3, -0.25) is 4.84 Å². The van der Waals surface area contributed by atoms with Crippen LogP contribution in [0.1, 0.15) is 13.8 Å². The summed E-state index contributed by atoms with van der Waals surface area (Å²) in [6, 6.07) is 0. The molecule has 1 N–H and O–H groups in total. The van der Waals surface area contributed by atoms with Crippen LogP contribution in [0, 0.1) is 5.92 Å². The summed E-state index contributed by atoms with van der Waals surface area (Å²) in [6.45, 7) is 4.12. The predicted octanol–water partition coefficient (Wildman–Crippen LogP) is 0.444. The molecule has 0 saturated heterocycles. The van der Waals surface area contributed by atoms with Crippen molar-refractivity contribution in [3.63, 3.8) is 0 Å². The zero-order valence-corrected chi connectivity index (χ0v) is 11.5. The maximum absolute atomic E-state index is 11.7. The highest BCUT2D eigenvalue weighted by molar-refractivity contribution is 9.10. The Labute approximate surface area is 102 Å². The molecule has 0 radical (unpaired) electrons. The first kappa shape index (κ1) is 13.6. The van der Waals surface area contributed by atoms with Crippen molar-refractivity contribution in [1.29, 1.82) is 0 Å². The molecule has 0 atom stereocenters. The molecule has 1 aromatic heterocycles. The van der Waals surface area contributed by atoms with Crippen LogP contribution in [0.2, 0.25) is 0 Å². The van der Waals surface area contributed by atoms with Crippen LogP contribution in [0.3, 0.4) is 0 Å². The van der Waals surface area contributed by atoms with Gasteiger partial charge in [-0.2, -0.15) is 0 Å². The molecule has 1 heterocycles. The van der Waals surface area contributed by atoms with Crippen LogP contribution in [0.15, 0.2) is 9.63 Å². The number of halogens is 1. The quantitative estimate of drug-likeness (QED) is 0.797. The van der Waals surface area contributed by atoms with E-state index in [4.69, 9.17) is 4.84 Å². The van der Waals surface area contributed by atoms with E-state index in [9.17, 15) is 8.42 Å². The standard InChI is InChI=1S/C7H13BrN4O3S/c1-5(2)4-15-11-16(13,14)7-6(8)9-10-12(7)3/h5,11H,4H2,1-3H3. The van der Waals surface area contributed by atoms with Crippen molar-refractivity contribution in [2.24, 2.45) is 13.0 Å². The number of aromatic nitrogens is 3. The molecule has 0 aromatic carbocycles. The normalized spacial score (nSPS) is 12.3. The molecule has 1 aromatic rings. The summed E-state index contributed by atoms with van der Waals surface area (Å²) in [5.74, 6) is 0.232. The second-order valence-corrected chi connectivity index (χ2v) is 5.91. The third-order valence-corrected chi connectivity index (χ3v) is 3.68. The number of nitrogens with zero attached hydrogens (tertiary/aromatic N) is 3. The van der Waals surface area contributed by atoms with Crippen molar-refractivity contribution in [2.75, 3.05) is 6.61 Å². The number of aryl methyl sites for hydroxylation is 1. The average Bonchev–Trinajstić information content (AvgIpc) is 2.45. The van der Waals surface area contributed by atoms with E-state index in [1.165, 1.54) is 7.05 Å². The molecule has 0 aliphatic rings. The van der Waals surface area contributed by atoms with Gasteiger partial charge < -0.3 is 0 Å².